The van der Waals surface area contributed by atoms with Crippen LogP contribution in [0.15, 0.2) is 42.5 Å². The lowest BCUT2D eigenvalue weighted by atomic mass is 9.85. The molecule has 0 aromatic heterocycles. The van der Waals surface area contributed by atoms with Gasteiger partial charge in [0, 0.05) is 38.8 Å². The number of alkyl halides is 6. The molecule has 2 aromatic carbocycles. The SMILES string of the molecule is CCOC(=O)C1CCC(N2CCN(CCc3ccccc3OCc3cc(C(F)(F)F)cc(C(F)(F)F)c3)CC2)CC1. The van der Waals surface area contributed by atoms with Gasteiger partial charge in [-0.2, -0.15) is 26.3 Å². The molecule has 1 aliphatic heterocycles. The number of rotatable bonds is 9. The quantitative estimate of drug-likeness (QED) is 0.245. The highest BCUT2D eigenvalue weighted by atomic mass is 19.4. The largest absolute Gasteiger partial charge is 0.489 e. The first-order valence-corrected chi connectivity index (χ1v) is 14.1. The molecule has 0 radical (unpaired) electrons. The minimum Gasteiger partial charge on any atom is -0.489 e. The molecular weight excluding hydrogens is 550 g/mol. The fourth-order valence-electron chi connectivity index (χ4n) is 5.68. The second-order valence-corrected chi connectivity index (χ2v) is 10.7. The molecule has 1 aliphatic carbocycles. The van der Waals surface area contributed by atoms with Gasteiger partial charge in [-0.25, -0.2) is 0 Å². The number of piperazine rings is 1. The summed E-state index contributed by atoms with van der Waals surface area (Å²) in [5, 5.41) is 0. The Kier molecular flexibility index (Phi) is 10.2. The summed E-state index contributed by atoms with van der Waals surface area (Å²) in [7, 11) is 0. The molecule has 0 N–H and O–H groups in total. The molecule has 1 saturated heterocycles. The third kappa shape index (κ3) is 8.61. The van der Waals surface area contributed by atoms with Gasteiger partial charge in [0.1, 0.15) is 12.4 Å². The molecule has 4 rings (SSSR count). The van der Waals surface area contributed by atoms with Crippen LogP contribution in [0.3, 0.4) is 0 Å². The number of esters is 1. The van der Waals surface area contributed by atoms with E-state index < -0.39 is 30.1 Å². The van der Waals surface area contributed by atoms with Crippen molar-refractivity contribution in [3.63, 3.8) is 0 Å². The fraction of sp³-hybridized carbons (Fsp3) is 0.567. The van der Waals surface area contributed by atoms with E-state index in [1.807, 2.05) is 19.1 Å². The third-order valence-corrected chi connectivity index (χ3v) is 7.95. The predicted molar refractivity (Wildman–Crippen MR) is 141 cm³/mol. The molecule has 11 heteroatoms. The minimum atomic E-state index is -4.90. The molecule has 0 amide bonds. The maximum Gasteiger partial charge on any atom is 0.416 e. The van der Waals surface area contributed by atoms with Crippen molar-refractivity contribution in [3.05, 3.63) is 64.7 Å². The van der Waals surface area contributed by atoms with Crippen molar-refractivity contribution in [2.45, 2.75) is 64.0 Å². The topological polar surface area (TPSA) is 42.0 Å². The van der Waals surface area contributed by atoms with Gasteiger partial charge in [0.15, 0.2) is 0 Å². The predicted octanol–water partition coefficient (Wildman–Crippen LogP) is 6.59. The summed E-state index contributed by atoms with van der Waals surface area (Å²) in [6, 6.07) is 9.08. The number of benzene rings is 2. The highest BCUT2D eigenvalue weighted by molar-refractivity contribution is 5.72. The first kappa shape index (κ1) is 31.2. The summed E-state index contributed by atoms with van der Waals surface area (Å²) in [4.78, 5) is 16.9. The lowest BCUT2D eigenvalue weighted by molar-refractivity contribution is -0.149. The number of para-hydroxylation sites is 1. The van der Waals surface area contributed by atoms with E-state index in [0.717, 1.165) is 64.0 Å². The van der Waals surface area contributed by atoms with Gasteiger partial charge in [0.25, 0.3) is 0 Å². The molecule has 2 aromatic rings. The molecule has 2 aliphatic rings. The molecule has 226 valence electrons. The van der Waals surface area contributed by atoms with E-state index in [9.17, 15) is 31.1 Å². The Labute approximate surface area is 236 Å². The summed E-state index contributed by atoms with van der Waals surface area (Å²) in [6.07, 6.45) is -5.47. The number of hydrogen-bond donors (Lipinski definition) is 0. The molecule has 0 unspecified atom stereocenters. The number of carbonyl (C=O) groups excluding carboxylic acids is 1. The van der Waals surface area contributed by atoms with Gasteiger partial charge in [-0.1, -0.05) is 18.2 Å². The summed E-state index contributed by atoms with van der Waals surface area (Å²) in [6.45, 7) is 6.23. The molecule has 1 heterocycles. The van der Waals surface area contributed by atoms with Gasteiger partial charge in [-0.3, -0.25) is 9.69 Å². The lowest BCUT2D eigenvalue weighted by Gasteiger charge is -2.41. The zero-order valence-electron chi connectivity index (χ0n) is 23.1. The summed E-state index contributed by atoms with van der Waals surface area (Å²) >= 11 is 0. The van der Waals surface area contributed by atoms with E-state index in [0.29, 0.717) is 37.0 Å². The highest BCUT2D eigenvalue weighted by Gasteiger charge is 2.37. The average molecular weight is 587 g/mol. The first-order chi connectivity index (χ1) is 19.4. The molecular formula is C30H36F6N2O3. The van der Waals surface area contributed by atoms with Crippen molar-refractivity contribution in [1.29, 1.82) is 0 Å². The zero-order valence-corrected chi connectivity index (χ0v) is 23.1. The van der Waals surface area contributed by atoms with Crippen LogP contribution in [0.25, 0.3) is 0 Å². The van der Waals surface area contributed by atoms with Gasteiger partial charge in [0.2, 0.25) is 0 Å². The third-order valence-electron chi connectivity index (χ3n) is 7.95. The van der Waals surface area contributed by atoms with Gasteiger partial charge in [-0.05, 0) is 74.4 Å². The fourth-order valence-corrected chi connectivity index (χ4v) is 5.68. The molecule has 1 saturated carbocycles. The highest BCUT2D eigenvalue weighted by Crippen LogP contribution is 2.37. The van der Waals surface area contributed by atoms with Crippen molar-refractivity contribution < 1.29 is 40.6 Å². The smallest absolute Gasteiger partial charge is 0.416 e. The average Bonchev–Trinajstić information content (AvgIpc) is 2.95. The van der Waals surface area contributed by atoms with E-state index >= 15 is 0 Å². The number of carbonyl (C=O) groups is 1. The second-order valence-electron chi connectivity index (χ2n) is 10.7. The molecule has 0 atom stereocenters. The Bertz CT molecular complexity index is 1120. The van der Waals surface area contributed by atoms with Crippen LogP contribution >= 0.6 is 0 Å². The first-order valence-electron chi connectivity index (χ1n) is 14.1. The minimum absolute atomic E-state index is 0.00930. The summed E-state index contributed by atoms with van der Waals surface area (Å²) < 4.78 is 90.2. The molecule has 2 fully saturated rings. The van der Waals surface area contributed by atoms with E-state index in [1.54, 1.807) is 12.1 Å². The standard InChI is InChI=1S/C30H36F6N2O3/c1-2-40-28(39)23-7-9-26(10-8-23)38-15-13-37(14-16-38)12-11-22-5-3-4-6-27(22)41-20-21-17-24(29(31,32)33)19-25(18-21)30(34,35)36/h3-6,17-19,23,26H,2,7-16,20H2,1H3. The van der Waals surface area contributed by atoms with E-state index in [2.05, 4.69) is 9.80 Å². The number of halogens is 6. The van der Waals surface area contributed by atoms with Crippen molar-refractivity contribution in [2.75, 3.05) is 39.3 Å². The Morgan fingerprint density at radius 1 is 0.878 bits per heavy atom. The molecule has 5 nitrogen and oxygen atoms in total. The summed E-state index contributed by atoms with van der Waals surface area (Å²) in [5.74, 6) is 0.367. The lowest BCUT2D eigenvalue weighted by Crippen LogP contribution is -2.51. The van der Waals surface area contributed by atoms with Crippen LogP contribution in [0, 0.1) is 5.92 Å². The Balaban J connectivity index is 1.28. The van der Waals surface area contributed by atoms with Crippen LogP contribution in [0.4, 0.5) is 26.3 Å². The van der Waals surface area contributed by atoms with Crippen molar-refractivity contribution in [2.24, 2.45) is 5.92 Å². The number of nitrogens with zero attached hydrogens (tertiary/aromatic N) is 2. The van der Waals surface area contributed by atoms with Crippen molar-refractivity contribution in [1.82, 2.24) is 9.80 Å². The Morgan fingerprint density at radius 3 is 2.07 bits per heavy atom. The van der Waals surface area contributed by atoms with Crippen LogP contribution in [-0.4, -0.2) is 61.1 Å². The van der Waals surface area contributed by atoms with Gasteiger partial charge >= 0.3 is 18.3 Å². The van der Waals surface area contributed by atoms with Crippen LogP contribution < -0.4 is 4.74 Å². The van der Waals surface area contributed by atoms with Gasteiger partial charge in [0.05, 0.1) is 23.7 Å². The monoisotopic (exact) mass is 586 g/mol. The maximum atomic E-state index is 13.2. The van der Waals surface area contributed by atoms with E-state index in [4.69, 9.17) is 9.47 Å². The van der Waals surface area contributed by atoms with Crippen LogP contribution in [0.5, 0.6) is 5.75 Å². The number of ether oxygens (including phenoxy) is 2. The Hall–Kier alpha value is -2.79. The molecule has 0 bridgehead atoms. The van der Waals surface area contributed by atoms with Crippen molar-refractivity contribution >= 4 is 5.97 Å². The normalized spacial score (nSPS) is 21.0. The van der Waals surface area contributed by atoms with E-state index in [1.165, 1.54) is 0 Å². The number of hydrogen-bond acceptors (Lipinski definition) is 5. The molecule has 0 spiro atoms. The zero-order chi connectivity index (χ0) is 29.6. The van der Waals surface area contributed by atoms with E-state index in [-0.39, 0.29) is 23.5 Å². The molecule has 41 heavy (non-hydrogen) atoms. The van der Waals surface area contributed by atoms with Crippen LogP contribution in [0.1, 0.15) is 54.9 Å². The summed E-state index contributed by atoms with van der Waals surface area (Å²) in [5.41, 5.74) is -2.07. The Morgan fingerprint density at radius 2 is 1.49 bits per heavy atom. The second kappa shape index (κ2) is 13.5. The van der Waals surface area contributed by atoms with Crippen LogP contribution in [-0.2, 0) is 34.9 Å². The van der Waals surface area contributed by atoms with Crippen molar-refractivity contribution in [3.8, 4) is 5.75 Å². The maximum absolute atomic E-state index is 13.2. The van der Waals surface area contributed by atoms with Gasteiger partial charge < -0.3 is 14.4 Å². The van der Waals surface area contributed by atoms with Gasteiger partial charge in [-0.15, -0.1) is 0 Å². The van der Waals surface area contributed by atoms with Crippen LogP contribution in [0.2, 0.25) is 0 Å².